The molecule has 0 aromatic heterocycles. The van der Waals surface area contributed by atoms with E-state index in [9.17, 15) is 24.7 Å². The molecule has 1 fully saturated rings. The number of aliphatic hydroxyl groups is 3. The predicted octanol–water partition coefficient (Wildman–Crippen LogP) is -2.88. The number of phosphoric ester groups is 1. The smallest absolute Gasteiger partial charge is 0.387 e. The van der Waals surface area contributed by atoms with Gasteiger partial charge in [0.15, 0.2) is 6.29 Å². The highest BCUT2D eigenvalue weighted by Crippen LogP contribution is 2.37. The van der Waals surface area contributed by atoms with E-state index in [1.807, 2.05) is 0 Å². The van der Waals surface area contributed by atoms with Crippen LogP contribution in [0.3, 0.4) is 0 Å². The number of rotatable bonds is 6. The van der Waals surface area contributed by atoms with Crippen molar-refractivity contribution in [3.63, 3.8) is 0 Å². The van der Waals surface area contributed by atoms with Crippen molar-refractivity contribution < 1.29 is 48.5 Å². The highest BCUT2D eigenvalue weighted by Gasteiger charge is 2.44. The number of carbonyl (C=O) groups excluding carboxylic acids is 1. The molecule has 10 nitrogen and oxygen atoms in total. The van der Waals surface area contributed by atoms with Gasteiger partial charge in [-0.25, -0.2) is 4.57 Å². The van der Waals surface area contributed by atoms with Crippen LogP contribution in [0.1, 0.15) is 0 Å². The molecule has 5 N–H and O–H groups in total. The molecule has 0 aromatic rings. The lowest BCUT2D eigenvalue weighted by molar-refractivity contribution is -0.297. The summed E-state index contributed by atoms with van der Waals surface area (Å²) in [6, 6.07) is 0. The molecule has 2 unspecified atom stereocenters. The SMILES string of the molecule is O=CCO[C@H]1OC(COP(=O)(O)O)[C@@H](O)C(O)[C@H]1O. The molecule has 0 aliphatic carbocycles. The van der Waals surface area contributed by atoms with Gasteiger partial charge >= 0.3 is 7.82 Å². The van der Waals surface area contributed by atoms with Crippen LogP contribution in [0.5, 0.6) is 0 Å². The second-order valence-corrected chi connectivity index (χ2v) is 5.04. The van der Waals surface area contributed by atoms with E-state index in [-0.39, 0.29) is 0 Å². The number of carbonyl (C=O) groups is 1. The summed E-state index contributed by atoms with van der Waals surface area (Å²) in [7, 11) is -4.77. The number of ether oxygens (including phenoxy) is 2. The van der Waals surface area contributed by atoms with Gasteiger partial charge < -0.3 is 39.4 Å². The number of aliphatic hydroxyl groups excluding tert-OH is 3. The number of phosphoric acid groups is 1. The molecule has 1 saturated heterocycles. The Morgan fingerprint density at radius 1 is 1.16 bits per heavy atom. The first kappa shape index (κ1) is 16.6. The summed E-state index contributed by atoms with van der Waals surface area (Å²) in [4.78, 5) is 27.2. The summed E-state index contributed by atoms with van der Waals surface area (Å²) >= 11 is 0. The standard InChI is InChI=1S/C8H15O10P/c9-1-2-16-8-7(12)6(11)5(10)4(18-8)3-17-19(13,14)15/h1,4-8,10-12H,2-3H2,(H2,13,14,15)/t4?,5-,6?,7-,8+/m1/s1. The summed E-state index contributed by atoms with van der Waals surface area (Å²) in [5.41, 5.74) is 0. The lowest BCUT2D eigenvalue weighted by Crippen LogP contribution is -2.59. The van der Waals surface area contributed by atoms with E-state index in [1.165, 1.54) is 0 Å². The first-order chi connectivity index (χ1) is 8.76. The summed E-state index contributed by atoms with van der Waals surface area (Å²) < 4.78 is 24.4. The molecule has 0 amide bonds. The van der Waals surface area contributed by atoms with Gasteiger partial charge in [-0.1, -0.05) is 0 Å². The number of hydrogen-bond acceptors (Lipinski definition) is 8. The molecule has 0 saturated carbocycles. The maximum Gasteiger partial charge on any atom is 0.469 e. The molecule has 1 heterocycles. The molecule has 0 bridgehead atoms. The fraction of sp³-hybridized carbons (Fsp3) is 0.875. The van der Waals surface area contributed by atoms with Crippen LogP contribution in [0.4, 0.5) is 0 Å². The molecule has 0 radical (unpaired) electrons. The maximum atomic E-state index is 10.5. The van der Waals surface area contributed by atoms with Crippen molar-refractivity contribution in [1.82, 2.24) is 0 Å². The largest absolute Gasteiger partial charge is 0.469 e. The molecule has 0 spiro atoms. The van der Waals surface area contributed by atoms with Gasteiger partial charge in [-0.3, -0.25) is 4.52 Å². The van der Waals surface area contributed by atoms with Crippen molar-refractivity contribution in [2.45, 2.75) is 30.7 Å². The fourth-order valence-electron chi connectivity index (χ4n) is 1.50. The van der Waals surface area contributed by atoms with Gasteiger partial charge in [-0.05, 0) is 0 Å². The van der Waals surface area contributed by atoms with Crippen LogP contribution in [0.15, 0.2) is 0 Å². The summed E-state index contributed by atoms with van der Waals surface area (Å²) in [6.07, 6.45) is -7.28. The molecule has 19 heavy (non-hydrogen) atoms. The molecule has 112 valence electrons. The van der Waals surface area contributed by atoms with Crippen LogP contribution >= 0.6 is 7.82 Å². The average Bonchev–Trinajstić information content (AvgIpc) is 2.33. The van der Waals surface area contributed by atoms with Crippen molar-refractivity contribution in [2.75, 3.05) is 13.2 Å². The Morgan fingerprint density at radius 2 is 1.79 bits per heavy atom. The van der Waals surface area contributed by atoms with E-state index >= 15 is 0 Å². The molecule has 1 aliphatic rings. The topological polar surface area (TPSA) is 163 Å². The molecule has 1 rings (SSSR count). The van der Waals surface area contributed by atoms with Crippen LogP contribution in [0, 0.1) is 0 Å². The summed E-state index contributed by atoms with van der Waals surface area (Å²) in [5, 5.41) is 28.6. The average molecular weight is 302 g/mol. The van der Waals surface area contributed by atoms with Crippen molar-refractivity contribution in [2.24, 2.45) is 0 Å². The minimum atomic E-state index is -4.77. The first-order valence-electron chi connectivity index (χ1n) is 5.21. The zero-order valence-electron chi connectivity index (χ0n) is 9.60. The Balaban J connectivity index is 2.64. The fourth-order valence-corrected chi connectivity index (χ4v) is 1.84. The van der Waals surface area contributed by atoms with Gasteiger partial charge in [0, 0.05) is 0 Å². The van der Waals surface area contributed by atoms with Gasteiger partial charge in [-0.2, -0.15) is 0 Å². The van der Waals surface area contributed by atoms with Gasteiger partial charge in [0.2, 0.25) is 0 Å². The van der Waals surface area contributed by atoms with Gasteiger partial charge in [-0.15, -0.1) is 0 Å². The number of hydrogen-bond donors (Lipinski definition) is 5. The van der Waals surface area contributed by atoms with E-state index < -0.39 is 51.7 Å². The molecule has 0 aromatic carbocycles. The molecule has 5 atom stereocenters. The third-order valence-corrected chi connectivity index (χ3v) is 2.89. The van der Waals surface area contributed by atoms with Crippen LogP contribution in [-0.4, -0.2) is 75.3 Å². The Morgan fingerprint density at radius 3 is 2.32 bits per heavy atom. The van der Waals surface area contributed by atoms with Crippen molar-refractivity contribution in [1.29, 1.82) is 0 Å². The Kier molecular flexibility index (Phi) is 5.99. The summed E-state index contributed by atoms with van der Waals surface area (Å²) in [5.74, 6) is 0. The third kappa shape index (κ3) is 4.88. The Labute approximate surface area is 107 Å². The lowest BCUT2D eigenvalue weighted by atomic mass is 9.99. The van der Waals surface area contributed by atoms with E-state index in [4.69, 9.17) is 19.3 Å². The zero-order valence-corrected chi connectivity index (χ0v) is 10.5. The van der Waals surface area contributed by atoms with E-state index in [1.54, 1.807) is 0 Å². The van der Waals surface area contributed by atoms with E-state index in [0.717, 1.165) is 0 Å². The molecule has 11 heteroatoms. The maximum absolute atomic E-state index is 10.5. The lowest BCUT2D eigenvalue weighted by Gasteiger charge is -2.39. The second-order valence-electron chi connectivity index (χ2n) is 3.80. The molecule has 1 aliphatic heterocycles. The van der Waals surface area contributed by atoms with Crippen molar-refractivity contribution in [3.8, 4) is 0 Å². The third-order valence-electron chi connectivity index (χ3n) is 2.40. The minimum absolute atomic E-state index is 0.384. The minimum Gasteiger partial charge on any atom is -0.387 e. The van der Waals surface area contributed by atoms with Crippen LogP contribution in [0.2, 0.25) is 0 Å². The first-order valence-corrected chi connectivity index (χ1v) is 6.74. The van der Waals surface area contributed by atoms with Gasteiger partial charge in [0.05, 0.1) is 6.61 Å². The Bertz CT molecular complexity index is 342. The molecular formula is C8H15O10P. The number of aldehydes is 1. The molecular weight excluding hydrogens is 287 g/mol. The van der Waals surface area contributed by atoms with Crippen molar-refractivity contribution >= 4 is 14.1 Å². The van der Waals surface area contributed by atoms with Gasteiger partial charge in [0.1, 0.15) is 37.3 Å². The second kappa shape index (κ2) is 6.84. The van der Waals surface area contributed by atoms with E-state index in [0.29, 0.717) is 6.29 Å². The van der Waals surface area contributed by atoms with Gasteiger partial charge in [0.25, 0.3) is 0 Å². The highest BCUT2D eigenvalue weighted by atomic mass is 31.2. The van der Waals surface area contributed by atoms with Crippen LogP contribution < -0.4 is 0 Å². The quantitative estimate of drug-likeness (QED) is 0.254. The highest BCUT2D eigenvalue weighted by molar-refractivity contribution is 7.46. The van der Waals surface area contributed by atoms with Crippen LogP contribution in [-0.2, 0) is 23.4 Å². The zero-order chi connectivity index (χ0) is 14.6. The summed E-state index contributed by atoms with van der Waals surface area (Å²) in [6.45, 7) is -1.15. The Hall–Kier alpha value is -0.420. The van der Waals surface area contributed by atoms with E-state index in [2.05, 4.69) is 4.52 Å². The monoisotopic (exact) mass is 302 g/mol. The predicted molar refractivity (Wildman–Crippen MR) is 56.7 cm³/mol. The van der Waals surface area contributed by atoms with Crippen LogP contribution in [0.25, 0.3) is 0 Å². The van der Waals surface area contributed by atoms with Crippen molar-refractivity contribution in [3.05, 3.63) is 0 Å². The normalized spacial score (nSPS) is 36.2.